The second-order valence-corrected chi connectivity index (χ2v) is 20.0. The Bertz CT molecular complexity index is 2170. The summed E-state index contributed by atoms with van der Waals surface area (Å²) in [6.07, 6.45) is 5.38. The van der Waals surface area contributed by atoms with Crippen molar-refractivity contribution in [2.45, 2.75) is 82.5 Å². The number of rotatable bonds is 51. The van der Waals surface area contributed by atoms with Crippen LogP contribution in [0, 0.1) is 0 Å². The van der Waals surface area contributed by atoms with E-state index in [1.807, 2.05) is 0 Å². The maximum Gasteiger partial charge on any atom is 0.407 e. The number of imide groups is 2. The Morgan fingerprint density at radius 2 is 0.789 bits per heavy atom. The van der Waals surface area contributed by atoms with E-state index in [9.17, 15) is 57.5 Å². The second kappa shape index (κ2) is 65.5. The molecule has 0 aromatic rings. The van der Waals surface area contributed by atoms with E-state index in [1.165, 1.54) is 18.9 Å². The Labute approximate surface area is 573 Å². The smallest absolute Gasteiger partial charge is 0.407 e. The Hall–Kier alpha value is -5.78. The van der Waals surface area contributed by atoms with E-state index in [4.69, 9.17) is 56.8 Å². The molecule has 0 aliphatic carbocycles. The molecule has 1 fully saturated rings. The van der Waals surface area contributed by atoms with Crippen molar-refractivity contribution in [3.05, 3.63) is 12.2 Å². The number of alkyl carbamates (subject to hydrolysis) is 4. The Morgan fingerprint density at radius 3 is 1.13 bits per heavy atom. The Morgan fingerprint density at radius 1 is 0.463 bits per heavy atom. The van der Waals surface area contributed by atoms with Crippen LogP contribution in [0.25, 0.3) is 0 Å². The van der Waals surface area contributed by atoms with E-state index in [1.54, 1.807) is 33.8 Å². The first-order chi connectivity index (χ1) is 44.5. The van der Waals surface area contributed by atoms with Gasteiger partial charge in [0.2, 0.25) is 35.4 Å². The number of amides is 12. The number of nitrogens with one attached hydrogen (secondary N) is 8. The zero-order valence-corrected chi connectivity index (χ0v) is 59.7. The van der Waals surface area contributed by atoms with Crippen LogP contribution in [-0.4, -0.2) is 298 Å². The summed E-state index contributed by atoms with van der Waals surface area (Å²) in [7, 11) is 6.20. The number of ether oxygens (including phenoxy) is 12. The average molecular weight is 1440 g/mol. The molecule has 0 radical (unpaired) electrons. The van der Waals surface area contributed by atoms with Crippen LogP contribution in [0.4, 0.5) is 19.2 Å². The van der Waals surface area contributed by atoms with Crippen molar-refractivity contribution in [3.63, 3.8) is 0 Å². The van der Waals surface area contributed by atoms with Gasteiger partial charge in [0.15, 0.2) is 0 Å². The van der Waals surface area contributed by atoms with Crippen molar-refractivity contribution in [1.82, 2.24) is 52.3 Å². The lowest BCUT2D eigenvalue weighted by Gasteiger charge is -2.19. The standard InChI is InChI=1S/C28H49N5O12S.C27H45N5O12.CH4S.CH4.2H3P/c1-40-12-14-42-16-18-44-27(38)31-8-5-4-6-21(32-28(39)45-19-17-43-15-13-41-2)25(36)30-10-9-29-23(34)7-11-33-24(35)20-22(46-3)26(33)37;1-39-13-15-41-17-19-43-26(37)30-9-4-3-5-21(31-27(38)44-20-18-42-16-14-40-2)25(36)29-11-10-28-22(33)8-12-32-23(34)6-7-24(32)35;1-2;;;/h21-22H,4-20H2,1-3H3,(H,29,34)(H,30,36)(H,31,38)(H,32,39);6-7,21H,3-5,8-20H2,1-2H3,(H,28,33)(H,29,36)(H,30,37)(H,31,38);2H,1H3;1H4;2*1H3. The summed E-state index contributed by atoms with van der Waals surface area (Å²) in [4.78, 5) is 147. The van der Waals surface area contributed by atoms with E-state index in [2.05, 4.69) is 55.2 Å². The molecule has 8 N–H and O–H groups in total. The lowest BCUT2D eigenvalue weighted by Crippen LogP contribution is -2.48. The molecule has 38 heteroatoms. The van der Waals surface area contributed by atoms with Crippen molar-refractivity contribution in [2.24, 2.45) is 0 Å². The maximum absolute atomic E-state index is 12.9. The van der Waals surface area contributed by atoms with Gasteiger partial charge < -0.3 is 99.4 Å². The molecule has 552 valence electrons. The van der Waals surface area contributed by atoms with Gasteiger partial charge in [-0.3, -0.25) is 48.2 Å². The van der Waals surface area contributed by atoms with Crippen LogP contribution in [0.5, 0.6) is 0 Å². The molecule has 2 aliphatic rings. The fraction of sp³-hybridized carbons (Fsp3) is 0.754. The van der Waals surface area contributed by atoms with Crippen LogP contribution in [0.2, 0.25) is 0 Å². The molecule has 0 aromatic heterocycles. The summed E-state index contributed by atoms with van der Waals surface area (Å²) in [5, 5.41) is 20.4. The normalized spacial score (nSPS) is 13.3. The number of nitrogens with zero attached hydrogens (tertiary/aromatic N) is 2. The van der Waals surface area contributed by atoms with Gasteiger partial charge in [-0.15, -0.1) is 0 Å². The molecular formula is C57H108N10O24P2S2. The molecule has 2 aliphatic heterocycles. The minimum Gasteiger partial charge on any atom is -0.447 e. The van der Waals surface area contributed by atoms with Crippen molar-refractivity contribution in [1.29, 1.82) is 0 Å². The highest BCUT2D eigenvalue weighted by Gasteiger charge is 2.38. The fourth-order valence-corrected chi connectivity index (χ4v) is 8.07. The largest absolute Gasteiger partial charge is 0.447 e. The summed E-state index contributed by atoms with van der Waals surface area (Å²) < 4.78 is 60.5. The quantitative estimate of drug-likeness (QED) is 0.0123. The molecule has 0 saturated carbocycles. The molecule has 12 amide bonds. The highest BCUT2D eigenvalue weighted by atomic mass is 32.2. The zero-order valence-electron chi connectivity index (χ0n) is 55.2. The van der Waals surface area contributed by atoms with Crippen molar-refractivity contribution in [2.75, 3.05) is 199 Å². The fourth-order valence-electron chi connectivity index (χ4n) is 7.43. The second-order valence-electron chi connectivity index (χ2n) is 19.0. The third-order valence-electron chi connectivity index (χ3n) is 12.2. The van der Waals surface area contributed by atoms with E-state index in [0.29, 0.717) is 85.1 Å². The Balaban J connectivity index is -0.000000825. The molecule has 2 heterocycles. The Kier molecular flexibility index (Phi) is 65.9. The van der Waals surface area contributed by atoms with Gasteiger partial charge in [-0.25, -0.2) is 19.2 Å². The topological polar surface area (TPSA) is 418 Å². The highest BCUT2D eigenvalue weighted by Crippen LogP contribution is 2.23. The summed E-state index contributed by atoms with van der Waals surface area (Å²) >= 11 is 4.83. The van der Waals surface area contributed by atoms with Crippen molar-refractivity contribution in [3.8, 4) is 0 Å². The number of likely N-dealkylation sites (tertiary alicyclic amines) is 1. The lowest BCUT2D eigenvalue weighted by molar-refractivity contribution is -0.140. The third-order valence-corrected chi connectivity index (χ3v) is 13.1. The van der Waals surface area contributed by atoms with Gasteiger partial charge >= 0.3 is 24.4 Å². The molecule has 2 rings (SSSR count). The van der Waals surface area contributed by atoms with Gasteiger partial charge in [0.1, 0.15) is 38.5 Å². The van der Waals surface area contributed by atoms with Crippen LogP contribution in [0.1, 0.15) is 65.2 Å². The number of hydrogen-bond acceptors (Lipinski definition) is 26. The van der Waals surface area contributed by atoms with Crippen LogP contribution in [0.15, 0.2) is 12.2 Å². The van der Waals surface area contributed by atoms with Gasteiger partial charge in [0.05, 0.1) is 84.5 Å². The molecule has 34 nitrogen and oxygen atoms in total. The number of thiol groups is 1. The average Bonchev–Trinajstić information content (AvgIpc) is 1.85. The molecule has 0 aromatic carbocycles. The van der Waals surface area contributed by atoms with Crippen molar-refractivity contribution >= 4 is 116 Å². The van der Waals surface area contributed by atoms with E-state index >= 15 is 0 Å². The molecule has 1 saturated heterocycles. The van der Waals surface area contributed by atoms with E-state index < -0.39 is 71.2 Å². The van der Waals surface area contributed by atoms with Gasteiger partial charge in [0.25, 0.3) is 11.8 Å². The minimum atomic E-state index is -0.941. The predicted octanol–water partition coefficient (Wildman–Crippen LogP) is -0.434. The first-order valence-electron chi connectivity index (χ1n) is 29.9. The third kappa shape index (κ3) is 51.2. The maximum atomic E-state index is 12.9. The zero-order chi connectivity index (χ0) is 68.4. The van der Waals surface area contributed by atoms with Crippen LogP contribution < -0.4 is 42.5 Å². The SMILES string of the molecule is C.COCCOCCOC(=O)NCCCCC(NC(=O)OCCOCCOC)C(=O)NCCNC(=O)CCN1C(=O)C=CC1=O.COCCOCCOC(=O)NCCCCC(NC(=O)OCCOCCOC)C(=O)NCCNC(=O)CCN1C(=O)CC(SC)C1=O.CS.P.P. The highest BCUT2D eigenvalue weighted by molar-refractivity contribution is 8.00. The monoisotopic (exact) mass is 1440 g/mol. The molecule has 95 heavy (non-hydrogen) atoms. The summed E-state index contributed by atoms with van der Waals surface area (Å²) in [5.74, 6) is -3.28. The molecule has 0 bridgehead atoms. The molecule has 5 unspecified atom stereocenters. The molecule has 5 atom stereocenters. The van der Waals surface area contributed by atoms with Gasteiger partial charge in [-0.05, 0) is 51.0 Å². The van der Waals surface area contributed by atoms with Crippen LogP contribution in [-0.2, 0) is 95.2 Å². The minimum absolute atomic E-state index is 0. The van der Waals surface area contributed by atoms with Gasteiger partial charge in [-0.2, -0.15) is 44.2 Å². The van der Waals surface area contributed by atoms with Crippen LogP contribution >= 0.6 is 44.2 Å². The summed E-state index contributed by atoms with van der Waals surface area (Å²) in [5.41, 5.74) is 0. The van der Waals surface area contributed by atoms with Crippen molar-refractivity contribution < 1.29 is 114 Å². The number of methoxy groups -OCH3 is 4. The van der Waals surface area contributed by atoms with Gasteiger partial charge in [-0.1, -0.05) is 7.43 Å². The van der Waals surface area contributed by atoms with Crippen LogP contribution in [0.3, 0.4) is 0 Å². The first kappa shape index (κ1) is 95.6. The summed E-state index contributed by atoms with van der Waals surface area (Å²) in [6.45, 7) is 5.00. The summed E-state index contributed by atoms with van der Waals surface area (Å²) in [6, 6.07) is -1.88. The number of carbonyl (C=O) groups excluding carboxylic acids is 12. The number of hydrogen-bond donors (Lipinski definition) is 9. The van der Waals surface area contributed by atoms with E-state index in [-0.39, 0.29) is 176 Å². The van der Waals surface area contributed by atoms with E-state index in [0.717, 1.165) is 22.0 Å². The lowest BCUT2D eigenvalue weighted by atomic mass is 10.1. The number of unbranched alkanes of at least 4 members (excludes halogenated alkanes) is 2. The number of carbonyl (C=O) groups is 12. The predicted molar refractivity (Wildman–Crippen MR) is 363 cm³/mol. The first-order valence-corrected chi connectivity index (χ1v) is 32.1. The number of thioether (sulfide) groups is 1. The van der Waals surface area contributed by atoms with Gasteiger partial charge in [0, 0.05) is 112 Å². The molecular weight excluding hydrogens is 1330 g/mol. The molecule has 0 spiro atoms.